The van der Waals surface area contributed by atoms with Gasteiger partial charge in [0.05, 0.1) is 0 Å². The third-order valence-corrected chi connectivity index (χ3v) is 3.84. The third kappa shape index (κ3) is 3.71. The van der Waals surface area contributed by atoms with E-state index in [0.717, 1.165) is 19.3 Å². The maximum Gasteiger partial charge on any atom is 0.326 e. The number of carboxylic acids is 1. The van der Waals surface area contributed by atoms with Crippen molar-refractivity contribution in [1.82, 2.24) is 15.5 Å². The summed E-state index contributed by atoms with van der Waals surface area (Å²) in [6.07, 6.45) is 3.21. The number of carbonyl (C=O) groups is 4. The highest BCUT2D eigenvalue weighted by Crippen LogP contribution is 2.17. The molecule has 8 nitrogen and oxygen atoms in total. The third-order valence-electron chi connectivity index (χ3n) is 3.84. The molecule has 2 unspecified atom stereocenters. The summed E-state index contributed by atoms with van der Waals surface area (Å²) in [5.41, 5.74) is 0. The van der Waals surface area contributed by atoms with E-state index in [2.05, 4.69) is 10.6 Å². The second-order valence-corrected chi connectivity index (χ2v) is 5.35. The van der Waals surface area contributed by atoms with E-state index in [-0.39, 0.29) is 18.7 Å². The number of nitrogens with zero attached hydrogens (tertiary/aromatic N) is 1. The second kappa shape index (κ2) is 6.55. The minimum atomic E-state index is -1.03. The van der Waals surface area contributed by atoms with Crippen LogP contribution in [0, 0.1) is 0 Å². The van der Waals surface area contributed by atoms with Gasteiger partial charge < -0.3 is 15.3 Å². The highest BCUT2D eigenvalue weighted by Gasteiger charge is 2.34. The van der Waals surface area contributed by atoms with Gasteiger partial charge in [0.25, 0.3) is 0 Å². The van der Waals surface area contributed by atoms with Crippen LogP contribution < -0.4 is 10.6 Å². The maximum absolute atomic E-state index is 12.2. The summed E-state index contributed by atoms with van der Waals surface area (Å²) in [6.45, 7) is 0.357. The van der Waals surface area contributed by atoms with Crippen molar-refractivity contribution in [2.24, 2.45) is 0 Å². The van der Waals surface area contributed by atoms with E-state index < -0.39 is 30.0 Å². The molecule has 116 valence electrons. The number of carboxylic acid groups (broad SMARTS) is 1. The van der Waals surface area contributed by atoms with E-state index in [4.69, 9.17) is 0 Å². The highest BCUT2D eigenvalue weighted by molar-refractivity contribution is 6.01. The van der Waals surface area contributed by atoms with Gasteiger partial charge >= 0.3 is 12.0 Å². The average molecular weight is 297 g/mol. The van der Waals surface area contributed by atoms with Gasteiger partial charge in [-0.3, -0.25) is 14.9 Å². The number of urea groups is 1. The molecule has 0 saturated carbocycles. The van der Waals surface area contributed by atoms with Crippen LogP contribution in [0.15, 0.2) is 0 Å². The lowest BCUT2D eigenvalue weighted by molar-refractivity contribution is -0.142. The Morgan fingerprint density at radius 1 is 1.19 bits per heavy atom. The van der Waals surface area contributed by atoms with Crippen molar-refractivity contribution in [3.8, 4) is 0 Å². The Morgan fingerprint density at radius 3 is 2.62 bits per heavy atom. The quantitative estimate of drug-likeness (QED) is 0.612. The molecule has 2 saturated heterocycles. The standard InChI is InChI=1S/C13H19N3O5/c17-10-6-5-8(11(18)15-10)14-13(21)16-7-3-1-2-4-9(16)12(19)20/h8-9H,1-7H2,(H,14,21)(H,19,20)(H,15,17,18). The molecule has 0 radical (unpaired) electrons. The van der Waals surface area contributed by atoms with Crippen LogP contribution in [0.2, 0.25) is 0 Å². The Bertz CT molecular complexity index is 465. The Balaban J connectivity index is 2.01. The van der Waals surface area contributed by atoms with Crippen molar-refractivity contribution in [2.45, 2.75) is 50.6 Å². The average Bonchev–Trinajstić information content (AvgIpc) is 2.67. The molecule has 4 amide bonds. The van der Waals surface area contributed by atoms with Crippen LogP contribution in [-0.2, 0) is 14.4 Å². The Kier molecular flexibility index (Phi) is 4.77. The molecule has 2 aliphatic heterocycles. The molecule has 0 aliphatic carbocycles. The molecule has 0 spiro atoms. The lowest BCUT2D eigenvalue weighted by Crippen LogP contribution is -2.57. The Labute approximate surface area is 121 Å². The maximum atomic E-state index is 12.2. The molecule has 2 atom stereocenters. The molecule has 2 fully saturated rings. The summed E-state index contributed by atoms with van der Waals surface area (Å²) >= 11 is 0. The largest absolute Gasteiger partial charge is 0.480 e. The van der Waals surface area contributed by atoms with E-state index in [0.29, 0.717) is 13.0 Å². The zero-order valence-corrected chi connectivity index (χ0v) is 11.6. The number of hydrogen-bond acceptors (Lipinski definition) is 4. The molecule has 21 heavy (non-hydrogen) atoms. The predicted octanol–water partition coefficient (Wildman–Crippen LogP) is -0.170. The number of carbonyl (C=O) groups excluding carboxylic acids is 3. The fourth-order valence-electron chi connectivity index (χ4n) is 2.67. The first-order valence-electron chi connectivity index (χ1n) is 7.12. The zero-order chi connectivity index (χ0) is 15.4. The SMILES string of the molecule is O=C1CCC(NC(=O)N2CCCCCC2C(=O)O)C(=O)N1. The predicted molar refractivity (Wildman–Crippen MR) is 71.3 cm³/mol. The Hall–Kier alpha value is -2.12. The lowest BCUT2D eigenvalue weighted by Gasteiger charge is -2.30. The van der Waals surface area contributed by atoms with Crippen LogP contribution in [0.5, 0.6) is 0 Å². The van der Waals surface area contributed by atoms with Crippen LogP contribution in [0.1, 0.15) is 38.5 Å². The minimum Gasteiger partial charge on any atom is -0.480 e. The summed E-state index contributed by atoms with van der Waals surface area (Å²) in [5.74, 6) is -1.93. The normalized spacial score (nSPS) is 26.8. The monoisotopic (exact) mass is 297 g/mol. The van der Waals surface area contributed by atoms with Gasteiger partial charge in [-0.15, -0.1) is 0 Å². The number of piperidine rings is 1. The summed E-state index contributed by atoms with van der Waals surface area (Å²) in [4.78, 5) is 47.5. The van der Waals surface area contributed by atoms with Crippen LogP contribution in [-0.4, -0.2) is 52.4 Å². The number of rotatable bonds is 2. The van der Waals surface area contributed by atoms with Crippen molar-refractivity contribution < 1.29 is 24.3 Å². The van der Waals surface area contributed by atoms with Crippen LogP contribution in [0.3, 0.4) is 0 Å². The number of aliphatic carboxylic acids is 1. The van der Waals surface area contributed by atoms with Crippen molar-refractivity contribution in [3.63, 3.8) is 0 Å². The number of nitrogens with one attached hydrogen (secondary N) is 2. The molecule has 0 aromatic rings. The van der Waals surface area contributed by atoms with Crippen LogP contribution in [0.25, 0.3) is 0 Å². The first-order valence-corrected chi connectivity index (χ1v) is 7.12. The molecule has 0 bridgehead atoms. The molecule has 2 heterocycles. The molecule has 3 N–H and O–H groups in total. The lowest BCUT2D eigenvalue weighted by atomic mass is 10.1. The van der Waals surface area contributed by atoms with E-state index >= 15 is 0 Å². The summed E-state index contributed by atoms with van der Waals surface area (Å²) in [7, 11) is 0. The van der Waals surface area contributed by atoms with Gasteiger partial charge in [-0.1, -0.05) is 12.8 Å². The summed E-state index contributed by atoms with van der Waals surface area (Å²) < 4.78 is 0. The number of likely N-dealkylation sites (tertiary alicyclic amines) is 1. The highest BCUT2D eigenvalue weighted by atomic mass is 16.4. The first kappa shape index (κ1) is 15.3. The molecule has 2 rings (SSSR count). The van der Waals surface area contributed by atoms with Crippen LogP contribution >= 0.6 is 0 Å². The number of amides is 4. The van der Waals surface area contributed by atoms with Gasteiger partial charge in [-0.25, -0.2) is 9.59 Å². The van der Waals surface area contributed by atoms with Gasteiger partial charge in [0.2, 0.25) is 11.8 Å². The minimum absolute atomic E-state index is 0.166. The summed E-state index contributed by atoms with van der Waals surface area (Å²) in [6, 6.07) is -2.20. The fourth-order valence-corrected chi connectivity index (χ4v) is 2.67. The van der Waals surface area contributed by atoms with Crippen molar-refractivity contribution >= 4 is 23.8 Å². The molecular formula is C13H19N3O5. The topological polar surface area (TPSA) is 116 Å². The van der Waals surface area contributed by atoms with Gasteiger partial charge in [0.15, 0.2) is 0 Å². The van der Waals surface area contributed by atoms with Gasteiger partial charge in [-0.2, -0.15) is 0 Å². The van der Waals surface area contributed by atoms with Gasteiger partial charge in [-0.05, 0) is 19.3 Å². The fraction of sp³-hybridized carbons (Fsp3) is 0.692. The van der Waals surface area contributed by atoms with Gasteiger partial charge in [0.1, 0.15) is 12.1 Å². The molecule has 8 heteroatoms. The van der Waals surface area contributed by atoms with E-state index in [1.54, 1.807) is 0 Å². The number of hydrogen-bond donors (Lipinski definition) is 3. The van der Waals surface area contributed by atoms with E-state index in [9.17, 15) is 24.3 Å². The smallest absolute Gasteiger partial charge is 0.326 e. The van der Waals surface area contributed by atoms with Crippen molar-refractivity contribution in [2.75, 3.05) is 6.54 Å². The molecule has 0 aromatic carbocycles. The molecule has 2 aliphatic rings. The van der Waals surface area contributed by atoms with Gasteiger partial charge in [0, 0.05) is 13.0 Å². The molecular weight excluding hydrogens is 278 g/mol. The van der Waals surface area contributed by atoms with E-state index in [1.807, 2.05) is 0 Å². The Morgan fingerprint density at radius 2 is 1.95 bits per heavy atom. The van der Waals surface area contributed by atoms with Crippen LogP contribution in [0.4, 0.5) is 4.79 Å². The first-order chi connectivity index (χ1) is 9.99. The zero-order valence-electron chi connectivity index (χ0n) is 11.6. The summed E-state index contributed by atoms with van der Waals surface area (Å²) in [5, 5.41) is 13.9. The van der Waals surface area contributed by atoms with Crippen molar-refractivity contribution in [3.05, 3.63) is 0 Å². The van der Waals surface area contributed by atoms with Crippen molar-refractivity contribution in [1.29, 1.82) is 0 Å². The van der Waals surface area contributed by atoms with E-state index in [1.165, 1.54) is 4.90 Å². The molecule has 0 aromatic heterocycles. The second-order valence-electron chi connectivity index (χ2n) is 5.35. The number of imide groups is 1.